The van der Waals surface area contributed by atoms with Gasteiger partial charge in [0.2, 0.25) is 0 Å². The third kappa shape index (κ3) is 2.29. The molecule has 2 rings (SSSR count). The lowest BCUT2D eigenvalue weighted by molar-refractivity contribution is 0.624. The minimum atomic E-state index is -0.437. The summed E-state index contributed by atoms with van der Waals surface area (Å²) in [6.45, 7) is 0. The Morgan fingerprint density at radius 3 is 3.00 bits per heavy atom. The summed E-state index contributed by atoms with van der Waals surface area (Å²) < 4.78 is 13.0. The van der Waals surface area contributed by atoms with Gasteiger partial charge in [0.25, 0.3) is 0 Å². The summed E-state index contributed by atoms with van der Waals surface area (Å²) in [7, 11) is 0. The Bertz CT molecular complexity index is 471. The molecule has 0 spiro atoms. The molecule has 2 N–H and O–H groups in total. The maximum atomic E-state index is 13.0. The maximum Gasteiger partial charge on any atom is 0.123 e. The number of rotatable bonds is 2. The molecule has 0 saturated carbocycles. The van der Waals surface area contributed by atoms with Crippen molar-refractivity contribution in [2.24, 2.45) is 5.73 Å². The number of hydrogen-bond acceptors (Lipinski definition) is 2. The Morgan fingerprint density at radius 1 is 1.44 bits per heavy atom. The lowest BCUT2D eigenvalue weighted by Gasteiger charge is -2.17. The predicted molar refractivity (Wildman–Crippen MR) is 60.9 cm³/mol. The largest absolute Gasteiger partial charge is 0.316 e. The molecule has 16 heavy (non-hydrogen) atoms. The number of hydrogen-bond donors (Lipinski definition) is 1. The number of fused-ring (bicyclic) bond motifs is 1. The van der Waals surface area contributed by atoms with Crippen LogP contribution in [0.2, 0.25) is 0 Å². The van der Waals surface area contributed by atoms with Crippen LogP contribution in [0.15, 0.2) is 23.8 Å². The first kappa shape index (κ1) is 10.8. The normalized spacial score (nSPS) is 15.9. The fourth-order valence-electron chi connectivity index (χ4n) is 2.01. The zero-order chi connectivity index (χ0) is 11.5. The second-order valence-corrected chi connectivity index (χ2v) is 4.09. The van der Waals surface area contributed by atoms with Gasteiger partial charge in [0, 0.05) is 0 Å². The Labute approximate surface area is 94.2 Å². The van der Waals surface area contributed by atoms with E-state index in [1.54, 1.807) is 12.1 Å². The zero-order valence-corrected chi connectivity index (χ0v) is 8.91. The van der Waals surface area contributed by atoms with Crippen molar-refractivity contribution >= 4 is 6.08 Å². The molecule has 1 unspecified atom stereocenters. The van der Waals surface area contributed by atoms with Crippen LogP contribution in [0.3, 0.4) is 0 Å². The minimum absolute atomic E-state index is 0.190. The van der Waals surface area contributed by atoms with Crippen molar-refractivity contribution in [3.63, 3.8) is 0 Å². The molecular weight excluding hydrogens is 203 g/mol. The first-order chi connectivity index (χ1) is 7.69. The van der Waals surface area contributed by atoms with Gasteiger partial charge in [-0.2, -0.15) is 5.26 Å². The van der Waals surface area contributed by atoms with Gasteiger partial charge < -0.3 is 5.73 Å². The third-order valence-corrected chi connectivity index (χ3v) is 2.83. The maximum absolute atomic E-state index is 13.0. The standard InChI is InChI=1S/C13H13FN2/c14-12-4-3-10-5-9(6-13(16)8-15)1-2-11(10)7-12/h3-5,7,13H,1-2,6,16H2. The van der Waals surface area contributed by atoms with E-state index in [2.05, 4.69) is 0 Å². The fraction of sp³-hybridized carbons (Fsp3) is 0.308. The highest BCUT2D eigenvalue weighted by Gasteiger charge is 2.13. The van der Waals surface area contributed by atoms with Crippen molar-refractivity contribution in [2.45, 2.75) is 25.3 Å². The molecule has 1 aliphatic carbocycles. The molecular formula is C13H13FN2. The molecule has 1 atom stereocenters. The third-order valence-electron chi connectivity index (χ3n) is 2.83. The van der Waals surface area contributed by atoms with Gasteiger partial charge in [-0.25, -0.2) is 4.39 Å². The van der Waals surface area contributed by atoms with Gasteiger partial charge in [-0.3, -0.25) is 0 Å². The van der Waals surface area contributed by atoms with Crippen LogP contribution in [0, 0.1) is 17.1 Å². The number of benzene rings is 1. The molecule has 1 aromatic carbocycles. The summed E-state index contributed by atoms with van der Waals surface area (Å²) >= 11 is 0. The van der Waals surface area contributed by atoms with Gasteiger partial charge in [0.05, 0.1) is 12.1 Å². The summed E-state index contributed by atoms with van der Waals surface area (Å²) in [6.07, 6.45) is 4.33. The van der Waals surface area contributed by atoms with E-state index >= 15 is 0 Å². The van der Waals surface area contributed by atoms with Crippen LogP contribution < -0.4 is 5.73 Å². The molecule has 0 aromatic heterocycles. The Hall–Kier alpha value is -1.66. The van der Waals surface area contributed by atoms with Crippen molar-refractivity contribution in [1.82, 2.24) is 0 Å². The van der Waals surface area contributed by atoms with E-state index < -0.39 is 6.04 Å². The van der Waals surface area contributed by atoms with Gasteiger partial charge in [0.1, 0.15) is 5.82 Å². The van der Waals surface area contributed by atoms with E-state index in [9.17, 15) is 4.39 Å². The quantitative estimate of drug-likeness (QED) is 0.825. The fourth-order valence-corrected chi connectivity index (χ4v) is 2.01. The molecule has 1 aliphatic rings. The number of nitrogens with two attached hydrogens (primary N) is 1. The van der Waals surface area contributed by atoms with Crippen LogP contribution in [-0.4, -0.2) is 6.04 Å². The summed E-state index contributed by atoms with van der Waals surface area (Å²) in [5.74, 6) is -0.190. The molecule has 0 heterocycles. The summed E-state index contributed by atoms with van der Waals surface area (Å²) in [6, 6.07) is 6.40. The lowest BCUT2D eigenvalue weighted by atomic mass is 9.89. The van der Waals surface area contributed by atoms with Crippen LogP contribution in [0.4, 0.5) is 4.39 Å². The number of nitrogens with zero attached hydrogens (tertiary/aromatic N) is 1. The molecule has 0 bridgehead atoms. The highest BCUT2D eigenvalue weighted by Crippen LogP contribution is 2.26. The van der Waals surface area contributed by atoms with Gasteiger partial charge in [-0.1, -0.05) is 17.7 Å². The molecule has 0 amide bonds. The van der Waals surface area contributed by atoms with E-state index in [1.165, 1.54) is 11.6 Å². The van der Waals surface area contributed by atoms with Gasteiger partial charge >= 0.3 is 0 Å². The van der Waals surface area contributed by atoms with Crippen LogP contribution >= 0.6 is 0 Å². The van der Waals surface area contributed by atoms with E-state index in [4.69, 9.17) is 11.0 Å². The van der Waals surface area contributed by atoms with Crippen LogP contribution in [0.1, 0.15) is 24.0 Å². The minimum Gasteiger partial charge on any atom is -0.316 e. The number of nitriles is 1. The molecule has 0 fully saturated rings. The van der Waals surface area contributed by atoms with Crippen LogP contribution in [-0.2, 0) is 6.42 Å². The smallest absolute Gasteiger partial charge is 0.123 e. The first-order valence-corrected chi connectivity index (χ1v) is 5.32. The van der Waals surface area contributed by atoms with Crippen molar-refractivity contribution in [1.29, 1.82) is 5.26 Å². The first-order valence-electron chi connectivity index (χ1n) is 5.32. The Kier molecular flexibility index (Phi) is 3.02. The van der Waals surface area contributed by atoms with E-state index in [0.717, 1.165) is 24.0 Å². The lowest BCUT2D eigenvalue weighted by Crippen LogP contribution is -2.18. The molecule has 0 aliphatic heterocycles. The summed E-state index contributed by atoms with van der Waals surface area (Å²) in [5, 5.41) is 8.65. The van der Waals surface area contributed by atoms with Gasteiger partial charge in [-0.05, 0) is 42.5 Å². The summed E-state index contributed by atoms with van der Waals surface area (Å²) in [4.78, 5) is 0. The van der Waals surface area contributed by atoms with Crippen molar-refractivity contribution in [3.8, 4) is 6.07 Å². The van der Waals surface area contributed by atoms with Crippen molar-refractivity contribution in [2.75, 3.05) is 0 Å². The average molecular weight is 216 g/mol. The molecule has 0 radical (unpaired) electrons. The second kappa shape index (κ2) is 4.46. The molecule has 2 nitrogen and oxygen atoms in total. The SMILES string of the molecule is N#CC(N)CC1=Cc2ccc(F)cc2CC1. The Balaban J connectivity index is 2.22. The van der Waals surface area contributed by atoms with Gasteiger partial charge in [-0.15, -0.1) is 0 Å². The molecule has 82 valence electrons. The van der Waals surface area contributed by atoms with Crippen LogP contribution in [0.5, 0.6) is 0 Å². The Morgan fingerprint density at radius 2 is 2.25 bits per heavy atom. The number of aryl methyl sites for hydroxylation is 1. The van der Waals surface area contributed by atoms with E-state index in [-0.39, 0.29) is 5.82 Å². The zero-order valence-electron chi connectivity index (χ0n) is 8.91. The van der Waals surface area contributed by atoms with Crippen LogP contribution in [0.25, 0.3) is 6.08 Å². The second-order valence-electron chi connectivity index (χ2n) is 4.09. The average Bonchev–Trinajstić information content (AvgIpc) is 2.29. The highest BCUT2D eigenvalue weighted by atomic mass is 19.1. The predicted octanol–water partition coefficient (Wildman–Crippen LogP) is 2.40. The van der Waals surface area contributed by atoms with Crippen molar-refractivity contribution in [3.05, 3.63) is 40.7 Å². The molecule has 0 saturated heterocycles. The molecule has 3 heteroatoms. The monoisotopic (exact) mass is 216 g/mol. The van der Waals surface area contributed by atoms with E-state index in [1.807, 2.05) is 12.1 Å². The highest BCUT2D eigenvalue weighted by molar-refractivity contribution is 5.59. The topological polar surface area (TPSA) is 49.8 Å². The van der Waals surface area contributed by atoms with E-state index in [0.29, 0.717) is 6.42 Å². The van der Waals surface area contributed by atoms with Crippen molar-refractivity contribution < 1.29 is 4.39 Å². The summed E-state index contributed by atoms with van der Waals surface area (Å²) in [5.41, 5.74) is 8.85. The van der Waals surface area contributed by atoms with Gasteiger partial charge in [0.15, 0.2) is 0 Å². The number of halogens is 1. The molecule has 1 aromatic rings.